The number of nitrogens with zero attached hydrogens (tertiary/aromatic N) is 4. The summed E-state index contributed by atoms with van der Waals surface area (Å²) in [5.74, 6) is 0.397. The molecule has 3 aromatic heterocycles. The van der Waals surface area contributed by atoms with Gasteiger partial charge in [-0.15, -0.1) is 10.3 Å². The fraction of sp³-hybridized carbons (Fsp3) is 0.450. The van der Waals surface area contributed by atoms with E-state index < -0.39 is 33.8 Å². The van der Waals surface area contributed by atoms with Crippen LogP contribution in [0.15, 0.2) is 29.4 Å². The maximum absolute atomic E-state index is 13.7. The molecule has 1 atom stereocenters. The zero-order chi connectivity index (χ0) is 23.7. The molecule has 1 unspecified atom stereocenters. The summed E-state index contributed by atoms with van der Waals surface area (Å²) < 4.78 is 92.6. The monoisotopic (exact) mass is 478 g/mol. The standard InChI is InChI=1S/C20H20F6N4OS/c1-4-32(3,31)14-7-11(18(5-6-18)20(24,25)26)9-28-16(14)17-29-12-8-15(19(21,22)23)27-10-13(12)30(17)2/h7-10,31H,4-6H2,1-3H3. The molecule has 1 aliphatic carbocycles. The van der Waals surface area contributed by atoms with Gasteiger partial charge in [0, 0.05) is 18.1 Å². The average Bonchev–Trinajstić information content (AvgIpc) is 3.47. The molecule has 1 saturated carbocycles. The molecule has 12 heteroatoms. The SMILES string of the molecule is CCS(C)(O)c1cc(C2(C(F)(F)F)CC2)cnc1-c1nc2cc(C(F)(F)F)ncc2n1C. The van der Waals surface area contributed by atoms with Crippen LogP contribution in [-0.2, 0) is 18.6 Å². The third-order valence-corrected chi connectivity index (χ3v) is 8.39. The number of alkyl halides is 6. The largest absolute Gasteiger partial charge is 0.433 e. The summed E-state index contributed by atoms with van der Waals surface area (Å²) in [6, 6.07) is 2.14. The molecular formula is C20H20F6N4OS. The van der Waals surface area contributed by atoms with E-state index in [1.807, 2.05) is 0 Å². The Hall–Kier alpha value is -2.34. The number of halogens is 6. The maximum Gasteiger partial charge on any atom is 0.433 e. The van der Waals surface area contributed by atoms with Crippen LogP contribution in [0.3, 0.4) is 0 Å². The molecule has 0 radical (unpaired) electrons. The quantitative estimate of drug-likeness (QED) is 0.472. The minimum Gasteiger partial charge on any atom is -0.347 e. The van der Waals surface area contributed by atoms with E-state index in [-0.39, 0.29) is 46.1 Å². The molecule has 3 heterocycles. The highest BCUT2D eigenvalue weighted by Gasteiger charge is 2.64. The Kier molecular flexibility index (Phi) is 5.05. The van der Waals surface area contributed by atoms with E-state index in [1.165, 1.54) is 16.9 Å². The Labute approximate surface area is 181 Å². The summed E-state index contributed by atoms with van der Waals surface area (Å²) in [6.07, 6.45) is -5.50. The molecule has 0 aliphatic heterocycles. The second kappa shape index (κ2) is 7.08. The number of imidazole rings is 1. The Bertz CT molecular complexity index is 1200. The first kappa shape index (κ1) is 22.8. The molecule has 0 bridgehead atoms. The van der Waals surface area contributed by atoms with E-state index in [1.54, 1.807) is 14.0 Å². The molecule has 0 spiro atoms. The van der Waals surface area contributed by atoms with Crippen molar-refractivity contribution in [2.24, 2.45) is 7.05 Å². The fourth-order valence-electron chi connectivity index (χ4n) is 3.68. The molecule has 1 aliphatic rings. The molecule has 5 nitrogen and oxygen atoms in total. The van der Waals surface area contributed by atoms with Crippen molar-refractivity contribution in [3.8, 4) is 11.5 Å². The highest BCUT2D eigenvalue weighted by molar-refractivity contribution is 8.28. The van der Waals surface area contributed by atoms with Gasteiger partial charge in [-0.3, -0.25) is 4.98 Å². The molecule has 0 aromatic carbocycles. The van der Waals surface area contributed by atoms with Gasteiger partial charge in [-0.1, -0.05) is 6.92 Å². The van der Waals surface area contributed by atoms with Crippen molar-refractivity contribution in [2.75, 3.05) is 12.0 Å². The molecule has 1 N–H and O–H groups in total. The number of fused-ring (bicyclic) bond motifs is 1. The Morgan fingerprint density at radius 2 is 1.75 bits per heavy atom. The second-order valence-corrected chi connectivity index (χ2v) is 11.1. The van der Waals surface area contributed by atoms with Crippen molar-refractivity contribution in [3.63, 3.8) is 0 Å². The third kappa shape index (κ3) is 3.53. The fourth-order valence-corrected chi connectivity index (χ4v) is 4.93. The summed E-state index contributed by atoms with van der Waals surface area (Å²) in [4.78, 5) is 12.2. The summed E-state index contributed by atoms with van der Waals surface area (Å²) in [5, 5.41) is 0. The number of hydrogen-bond donors (Lipinski definition) is 1. The van der Waals surface area contributed by atoms with Crippen LogP contribution in [0.25, 0.3) is 22.6 Å². The minimum absolute atomic E-state index is 0.0155. The normalized spacial score (nSPS) is 19.1. The van der Waals surface area contributed by atoms with E-state index in [2.05, 4.69) is 15.0 Å². The number of aryl methyl sites for hydroxylation is 1. The predicted octanol–water partition coefficient (Wildman–Crippen LogP) is 5.93. The van der Waals surface area contributed by atoms with E-state index >= 15 is 0 Å². The first-order valence-electron chi connectivity index (χ1n) is 9.67. The van der Waals surface area contributed by atoms with Gasteiger partial charge in [0.2, 0.25) is 0 Å². The van der Waals surface area contributed by atoms with Crippen LogP contribution in [0.4, 0.5) is 26.3 Å². The van der Waals surface area contributed by atoms with Crippen LogP contribution < -0.4 is 0 Å². The first-order chi connectivity index (χ1) is 14.7. The van der Waals surface area contributed by atoms with E-state index in [0.29, 0.717) is 5.52 Å². The van der Waals surface area contributed by atoms with Crippen LogP contribution in [0.5, 0.6) is 0 Å². The predicted molar refractivity (Wildman–Crippen MR) is 109 cm³/mol. The maximum atomic E-state index is 13.7. The number of aromatic nitrogens is 4. The molecule has 3 aromatic rings. The smallest absolute Gasteiger partial charge is 0.347 e. The lowest BCUT2D eigenvalue weighted by atomic mass is 9.97. The van der Waals surface area contributed by atoms with Crippen molar-refractivity contribution in [3.05, 3.63) is 35.8 Å². The Balaban J connectivity index is 1.92. The van der Waals surface area contributed by atoms with Crippen LogP contribution in [0.1, 0.15) is 31.0 Å². The zero-order valence-corrected chi connectivity index (χ0v) is 18.2. The van der Waals surface area contributed by atoms with Gasteiger partial charge in [-0.2, -0.15) is 26.3 Å². The number of hydrogen-bond acceptors (Lipinski definition) is 4. The number of rotatable bonds is 4. The Morgan fingerprint density at radius 3 is 2.28 bits per heavy atom. The van der Waals surface area contributed by atoms with Crippen molar-refractivity contribution in [2.45, 2.75) is 42.4 Å². The van der Waals surface area contributed by atoms with Gasteiger partial charge in [-0.25, -0.2) is 9.97 Å². The zero-order valence-electron chi connectivity index (χ0n) is 17.3. The van der Waals surface area contributed by atoms with Crippen LogP contribution in [0.2, 0.25) is 0 Å². The lowest BCUT2D eigenvalue weighted by molar-refractivity contribution is -0.160. The topological polar surface area (TPSA) is 63.8 Å². The molecule has 0 saturated heterocycles. The average molecular weight is 478 g/mol. The highest BCUT2D eigenvalue weighted by atomic mass is 32.3. The summed E-state index contributed by atoms with van der Waals surface area (Å²) in [5.41, 5.74) is -2.66. The third-order valence-electron chi connectivity index (χ3n) is 6.00. The lowest BCUT2D eigenvalue weighted by Crippen LogP contribution is -2.29. The summed E-state index contributed by atoms with van der Waals surface area (Å²) in [7, 11) is -0.993. The van der Waals surface area contributed by atoms with Gasteiger partial charge in [0.05, 0.1) is 22.6 Å². The highest BCUT2D eigenvalue weighted by Crippen LogP contribution is 2.61. The van der Waals surface area contributed by atoms with Crippen LogP contribution >= 0.6 is 10.3 Å². The van der Waals surface area contributed by atoms with Gasteiger partial charge in [-0.05, 0) is 42.5 Å². The van der Waals surface area contributed by atoms with Crippen molar-refractivity contribution < 1.29 is 30.9 Å². The van der Waals surface area contributed by atoms with Gasteiger partial charge in [0.1, 0.15) is 11.4 Å². The van der Waals surface area contributed by atoms with Crippen molar-refractivity contribution >= 4 is 21.3 Å². The minimum atomic E-state index is -4.65. The molecule has 174 valence electrons. The van der Waals surface area contributed by atoms with Gasteiger partial charge >= 0.3 is 12.4 Å². The molecule has 1 fully saturated rings. The number of pyridine rings is 2. The summed E-state index contributed by atoms with van der Waals surface area (Å²) >= 11 is 0. The first-order valence-corrected chi connectivity index (χ1v) is 11.8. The molecule has 0 amide bonds. The van der Waals surface area contributed by atoms with Crippen LogP contribution in [0, 0.1) is 0 Å². The van der Waals surface area contributed by atoms with Crippen LogP contribution in [-0.4, -0.2) is 42.3 Å². The van der Waals surface area contributed by atoms with Gasteiger partial charge < -0.3 is 9.12 Å². The molecular weight excluding hydrogens is 458 g/mol. The van der Waals surface area contributed by atoms with Crippen molar-refractivity contribution in [1.82, 2.24) is 19.5 Å². The van der Waals surface area contributed by atoms with Crippen molar-refractivity contribution in [1.29, 1.82) is 0 Å². The van der Waals surface area contributed by atoms with E-state index in [0.717, 1.165) is 18.5 Å². The molecule has 32 heavy (non-hydrogen) atoms. The Morgan fingerprint density at radius 1 is 1.09 bits per heavy atom. The van der Waals surface area contributed by atoms with Gasteiger partial charge in [0.25, 0.3) is 0 Å². The second-order valence-electron chi connectivity index (χ2n) is 8.03. The summed E-state index contributed by atoms with van der Waals surface area (Å²) in [6.45, 7) is 1.71. The molecule has 4 rings (SSSR count). The van der Waals surface area contributed by atoms with Gasteiger partial charge in [0.15, 0.2) is 5.82 Å². The lowest BCUT2D eigenvalue weighted by Gasteiger charge is -2.31. The van der Waals surface area contributed by atoms with E-state index in [4.69, 9.17) is 0 Å². The van der Waals surface area contributed by atoms with E-state index in [9.17, 15) is 30.9 Å².